The number of piperidine rings is 1. The van der Waals surface area contributed by atoms with E-state index in [9.17, 15) is 10.0 Å². The third kappa shape index (κ3) is 1.16. The molecule has 1 heterocycles. The van der Waals surface area contributed by atoms with Crippen LogP contribution in [0, 0.1) is 0 Å². The second-order valence-electron chi connectivity index (χ2n) is 4.70. The van der Waals surface area contributed by atoms with Crippen molar-refractivity contribution in [2.24, 2.45) is 0 Å². The molecule has 0 aromatic rings. The normalized spacial score (nSPS) is 26.8. The van der Waals surface area contributed by atoms with Crippen molar-refractivity contribution in [2.45, 2.75) is 38.8 Å². The molecule has 0 amide bonds. The van der Waals surface area contributed by atoms with Crippen molar-refractivity contribution in [1.29, 1.82) is 0 Å². The lowest BCUT2D eigenvalue weighted by Crippen LogP contribution is -2.60. The third-order valence-corrected chi connectivity index (χ3v) is 3.04. The molecule has 3 nitrogen and oxygen atoms in total. The van der Waals surface area contributed by atoms with Crippen LogP contribution < -0.4 is 0 Å². The number of Topliss-reactive ketones (excluding diaryl/α,β-unsaturated/α-hetero) is 1. The Labute approximate surface area is 84.7 Å². The van der Waals surface area contributed by atoms with Crippen molar-refractivity contribution < 1.29 is 10.0 Å². The fourth-order valence-electron chi connectivity index (χ4n) is 1.68. The Morgan fingerprint density at radius 3 is 1.57 bits per heavy atom. The lowest BCUT2D eigenvalue weighted by Gasteiger charge is -2.47. The van der Waals surface area contributed by atoms with Gasteiger partial charge in [0.25, 0.3) is 0 Å². The van der Waals surface area contributed by atoms with Gasteiger partial charge in [-0.25, -0.2) is 0 Å². The molecule has 1 rings (SSSR count). The Hall–Kier alpha value is -0.930. The van der Waals surface area contributed by atoms with Crippen molar-refractivity contribution in [3.05, 3.63) is 24.3 Å². The minimum absolute atomic E-state index is 0.188. The van der Waals surface area contributed by atoms with Crippen molar-refractivity contribution in [3.63, 3.8) is 0 Å². The monoisotopic (exact) mass is 194 g/mol. The molecule has 0 aromatic carbocycles. The second-order valence-corrected chi connectivity index (χ2v) is 4.70. The van der Waals surface area contributed by atoms with Crippen LogP contribution in [0.15, 0.2) is 24.3 Å². The largest absolute Gasteiger partial charge is 0.289 e. The van der Waals surface area contributed by atoms with Crippen LogP contribution in [0.5, 0.6) is 0 Å². The highest BCUT2D eigenvalue weighted by Crippen LogP contribution is 2.40. The van der Waals surface area contributed by atoms with Gasteiger partial charge in [-0.3, -0.25) is 4.79 Å². The molecule has 0 bridgehead atoms. The van der Waals surface area contributed by atoms with Gasteiger partial charge in [0.15, 0.2) is 5.78 Å². The van der Waals surface area contributed by atoms with Gasteiger partial charge in [-0.2, -0.15) is 0 Å². The zero-order valence-corrected chi connectivity index (χ0v) is 9.18. The summed E-state index contributed by atoms with van der Waals surface area (Å²) in [6.07, 6.45) is 0. The van der Waals surface area contributed by atoms with E-state index in [1.165, 1.54) is 0 Å². The molecule has 77 valence electrons. The number of rotatable bonds is 0. The van der Waals surface area contributed by atoms with Gasteiger partial charge in [0, 0.05) is 11.1 Å². The number of hydrogen-bond donors (Lipinski definition) is 0. The Bertz CT molecular complexity index is 296. The molecular weight excluding hydrogens is 178 g/mol. The first-order valence-corrected chi connectivity index (χ1v) is 4.54. The Kier molecular flexibility index (Phi) is 2.21. The van der Waals surface area contributed by atoms with Gasteiger partial charge in [-0.1, -0.05) is 13.2 Å². The maximum absolute atomic E-state index is 12.0. The number of nitrogens with zero attached hydrogens (tertiary/aromatic N) is 1. The van der Waals surface area contributed by atoms with Crippen LogP contribution in [0.1, 0.15) is 27.7 Å². The van der Waals surface area contributed by atoms with E-state index in [0.29, 0.717) is 11.1 Å². The average Bonchev–Trinajstić information content (AvgIpc) is 2.11. The first-order valence-electron chi connectivity index (χ1n) is 4.54. The maximum atomic E-state index is 12.0. The first kappa shape index (κ1) is 11.1. The predicted molar refractivity (Wildman–Crippen MR) is 54.0 cm³/mol. The van der Waals surface area contributed by atoms with Crippen LogP contribution >= 0.6 is 0 Å². The first-order chi connectivity index (χ1) is 6.13. The fourth-order valence-corrected chi connectivity index (χ4v) is 1.68. The zero-order chi connectivity index (χ0) is 11.3. The molecule has 0 unspecified atom stereocenters. The number of hydrogen-bond acceptors (Lipinski definition) is 2. The fraction of sp³-hybridized carbons (Fsp3) is 0.545. The van der Waals surface area contributed by atoms with E-state index in [1.807, 2.05) is 0 Å². The van der Waals surface area contributed by atoms with Crippen molar-refractivity contribution in [3.8, 4) is 0 Å². The molecule has 0 spiro atoms. The quantitative estimate of drug-likeness (QED) is 0.552. The van der Waals surface area contributed by atoms with E-state index < -0.39 is 11.1 Å². The van der Waals surface area contributed by atoms with Crippen LogP contribution in [0.4, 0.5) is 0 Å². The van der Waals surface area contributed by atoms with Gasteiger partial charge in [-0.05, 0) is 27.7 Å². The third-order valence-electron chi connectivity index (χ3n) is 3.04. The topological polar surface area (TPSA) is 40.2 Å². The van der Waals surface area contributed by atoms with Gasteiger partial charge in [0.05, 0.1) is 11.1 Å². The van der Waals surface area contributed by atoms with Crippen molar-refractivity contribution in [1.82, 2.24) is 5.06 Å². The predicted octanol–water partition coefficient (Wildman–Crippen LogP) is 1.89. The molecule has 0 aromatic heterocycles. The van der Waals surface area contributed by atoms with Gasteiger partial charge in [0.2, 0.25) is 0 Å². The summed E-state index contributed by atoms with van der Waals surface area (Å²) in [4.78, 5) is 11.7. The molecule has 0 saturated carbocycles. The second kappa shape index (κ2) is 2.78. The Balaban J connectivity index is 3.29. The highest BCUT2D eigenvalue weighted by atomic mass is 16.5. The van der Waals surface area contributed by atoms with E-state index in [0.717, 1.165) is 5.06 Å². The summed E-state index contributed by atoms with van der Waals surface area (Å²) in [5, 5.41) is 12.9. The van der Waals surface area contributed by atoms with E-state index in [-0.39, 0.29) is 5.78 Å². The molecule has 1 aliphatic heterocycles. The lowest BCUT2D eigenvalue weighted by molar-refractivity contribution is -0.255. The highest BCUT2D eigenvalue weighted by Gasteiger charge is 2.50. The van der Waals surface area contributed by atoms with Gasteiger partial charge in [0.1, 0.15) is 0 Å². The number of ketones is 1. The molecule has 14 heavy (non-hydrogen) atoms. The molecular formula is C11H16NO2. The van der Waals surface area contributed by atoms with E-state index in [4.69, 9.17) is 0 Å². The molecule has 1 saturated heterocycles. The van der Waals surface area contributed by atoms with Crippen LogP contribution in [0.3, 0.4) is 0 Å². The van der Waals surface area contributed by atoms with E-state index >= 15 is 0 Å². The van der Waals surface area contributed by atoms with Crippen LogP contribution in [-0.2, 0) is 10.0 Å². The van der Waals surface area contributed by atoms with Crippen LogP contribution in [0.25, 0.3) is 0 Å². The molecule has 1 fully saturated rings. The summed E-state index contributed by atoms with van der Waals surface area (Å²) in [7, 11) is 0. The summed E-state index contributed by atoms with van der Waals surface area (Å²) < 4.78 is 0. The van der Waals surface area contributed by atoms with Crippen LogP contribution in [0.2, 0.25) is 0 Å². The van der Waals surface area contributed by atoms with Gasteiger partial charge < -0.3 is 0 Å². The molecule has 3 heteroatoms. The lowest BCUT2D eigenvalue weighted by atomic mass is 9.75. The molecule has 1 radical (unpaired) electrons. The number of carbonyl (C=O) groups excluding carboxylic acids is 1. The van der Waals surface area contributed by atoms with Crippen LogP contribution in [-0.4, -0.2) is 21.9 Å². The SMILES string of the molecule is C=C1C(=O)C(=C)C(C)(C)N([O])C1(C)C. The summed E-state index contributed by atoms with van der Waals surface area (Å²) in [6, 6.07) is 0. The molecule has 0 N–H and O–H groups in total. The summed E-state index contributed by atoms with van der Waals surface area (Å²) in [6.45, 7) is 14.1. The maximum Gasteiger partial charge on any atom is 0.187 e. The minimum Gasteiger partial charge on any atom is -0.289 e. The number of hydroxylamine groups is 2. The highest BCUT2D eigenvalue weighted by molar-refractivity contribution is 6.11. The molecule has 0 aliphatic carbocycles. The smallest absolute Gasteiger partial charge is 0.187 e. The van der Waals surface area contributed by atoms with Gasteiger partial charge in [-0.15, -0.1) is 10.3 Å². The zero-order valence-electron chi connectivity index (χ0n) is 9.18. The Morgan fingerprint density at radius 2 is 1.29 bits per heavy atom. The summed E-state index contributed by atoms with van der Waals surface area (Å²) >= 11 is 0. The standard InChI is InChI=1S/C11H16NO2/c1-7-9(13)8(2)11(5,6)12(14)10(7,3)4/h1-2H2,3-6H3. The Morgan fingerprint density at radius 1 is 1.00 bits per heavy atom. The summed E-state index contributed by atoms with van der Waals surface area (Å²) in [5.41, 5.74) is -1.06. The molecule has 0 atom stereocenters. The van der Waals surface area contributed by atoms with Gasteiger partial charge >= 0.3 is 0 Å². The number of carbonyl (C=O) groups is 1. The molecule has 1 aliphatic rings. The van der Waals surface area contributed by atoms with Crippen molar-refractivity contribution >= 4 is 5.78 Å². The van der Waals surface area contributed by atoms with E-state index in [2.05, 4.69) is 13.2 Å². The average molecular weight is 194 g/mol. The van der Waals surface area contributed by atoms with E-state index in [1.54, 1.807) is 27.7 Å². The minimum atomic E-state index is -0.845. The van der Waals surface area contributed by atoms with Crippen molar-refractivity contribution in [2.75, 3.05) is 0 Å². The summed E-state index contributed by atoms with van der Waals surface area (Å²) in [5.74, 6) is -0.188.